The standard InChI is InChI=1S/C15H23NO3/c1-2-18-12-13(17)10-16-9-8-15(11-16)19-14-6-4-3-5-7-14/h3-7,13,15,17H,2,8-12H2,1H3/t13-,15+/m0/s1. The number of hydrogen-bond acceptors (Lipinski definition) is 4. The van der Waals surface area contributed by atoms with Crippen molar-refractivity contribution in [2.75, 3.05) is 32.8 Å². The molecule has 0 aromatic heterocycles. The summed E-state index contributed by atoms with van der Waals surface area (Å²) in [6, 6.07) is 9.90. The zero-order valence-electron chi connectivity index (χ0n) is 11.5. The van der Waals surface area contributed by atoms with Crippen LogP contribution in [0.2, 0.25) is 0 Å². The minimum Gasteiger partial charge on any atom is -0.489 e. The Hall–Kier alpha value is -1.10. The predicted molar refractivity (Wildman–Crippen MR) is 74.4 cm³/mol. The highest BCUT2D eigenvalue weighted by molar-refractivity contribution is 5.21. The van der Waals surface area contributed by atoms with E-state index in [2.05, 4.69) is 4.90 Å². The molecule has 106 valence electrons. The van der Waals surface area contributed by atoms with Crippen LogP contribution in [0.1, 0.15) is 13.3 Å². The Morgan fingerprint density at radius 3 is 2.89 bits per heavy atom. The molecule has 4 heteroatoms. The Kier molecular flexibility index (Phi) is 5.63. The van der Waals surface area contributed by atoms with Crippen molar-refractivity contribution in [2.45, 2.75) is 25.6 Å². The Labute approximate surface area is 114 Å². The van der Waals surface area contributed by atoms with Gasteiger partial charge in [-0.3, -0.25) is 4.90 Å². The summed E-state index contributed by atoms with van der Waals surface area (Å²) in [4.78, 5) is 2.23. The van der Waals surface area contributed by atoms with Crippen LogP contribution in [0, 0.1) is 0 Å². The van der Waals surface area contributed by atoms with Gasteiger partial charge in [-0.1, -0.05) is 18.2 Å². The molecule has 0 spiro atoms. The fourth-order valence-electron chi connectivity index (χ4n) is 2.36. The number of aliphatic hydroxyl groups excluding tert-OH is 1. The van der Waals surface area contributed by atoms with Crippen molar-refractivity contribution in [3.05, 3.63) is 30.3 Å². The summed E-state index contributed by atoms with van der Waals surface area (Å²) in [6.07, 6.45) is 0.827. The molecule has 1 saturated heterocycles. The smallest absolute Gasteiger partial charge is 0.119 e. The van der Waals surface area contributed by atoms with E-state index in [0.29, 0.717) is 19.8 Å². The maximum absolute atomic E-state index is 9.81. The zero-order chi connectivity index (χ0) is 13.5. The Bertz CT molecular complexity index is 358. The number of hydrogen-bond donors (Lipinski definition) is 1. The van der Waals surface area contributed by atoms with Crippen LogP contribution in [-0.2, 0) is 4.74 Å². The highest BCUT2D eigenvalue weighted by atomic mass is 16.5. The lowest BCUT2D eigenvalue weighted by atomic mass is 10.3. The van der Waals surface area contributed by atoms with E-state index in [-0.39, 0.29) is 6.10 Å². The Morgan fingerprint density at radius 2 is 2.16 bits per heavy atom. The molecule has 0 aliphatic carbocycles. The summed E-state index contributed by atoms with van der Waals surface area (Å²) >= 11 is 0. The summed E-state index contributed by atoms with van der Waals surface area (Å²) in [5.41, 5.74) is 0. The third kappa shape index (κ3) is 4.82. The van der Waals surface area contributed by atoms with Crippen LogP contribution in [-0.4, -0.2) is 55.1 Å². The van der Waals surface area contributed by atoms with Crippen molar-refractivity contribution in [2.24, 2.45) is 0 Å². The van der Waals surface area contributed by atoms with Crippen molar-refractivity contribution in [3.63, 3.8) is 0 Å². The average Bonchev–Trinajstić information content (AvgIpc) is 2.85. The van der Waals surface area contributed by atoms with Crippen LogP contribution in [0.3, 0.4) is 0 Å². The zero-order valence-corrected chi connectivity index (χ0v) is 11.5. The highest BCUT2D eigenvalue weighted by Gasteiger charge is 2.25. The minimum atomic E-state index is -0.407. The van der Waals surface area contributed by atoms with Gasteiger partial charge in [-0.25, -0.2) is 0 Å². The molecule has 0 amide bonds. The molecule has 1 N–H and O–H groups in total. The van der Waals surface area contributed by atoms with Gasteiger partial charge in [0.05, 0.1) is 12.7 Å². The van der Waals surface area contributed by atoms with Crippen molar-refractivity contribution in [1.29, 1.82) is 0 Å². The van der Waals surface area contributed by atoms with Gasteiger partial charge in [0.15, 0.2) is 0 Å². The Morgan fingerprint density at radius 1 is 1.37 bits per heavy atom. The SMILES string of the molecule is CCOC[C@@H](O)CN1CC[C@@H](Oc2ccccc2)C1. The van der Waals surface area contributed by atoms with Gasteiger partial charge in [0.1, 0.15) is 11.9 Å². The second-order valence-electron chi connectivity index (χ2n) is 4.91. The van der Waals surface area contributed by atoms with E-state index in [1.165, 1.54) is 0 Å². The molecule has 4 nitrogen and oxygen atoms in total. The van der Waals surface area contributed by atoms with E-state index in [0.717, 1.165) is 25.3 Å². The first kappa shape index (κ1) is 14.3. The minimum absolute atomic E-state index is 0.224. The number of nitrogens with zero attached hydrogens (tertiary/aromatic N) is 1. The number of ether oxygens (including phenoxy) is 2. The Balaban J connectivity index is 1.71. The molecular weight excluding hydrogens is 242 g/mol. The van der Waals surface area contributed by atoms with E-state index < -0.39 is 6.10 Å². The van der Waals surface area contributed by atoms with E-state index in [1.54, 1.807) is 0 Å². The molecule has 19 heavy (non-hydrogen) atoms. The first-order valence-corrected chi connectivity index (χ1v) is 6.97. The molecule has 0 unspecified atom stereocenters. The van der Waals surface area contributed by atoms with Crippen LogP contribution in [0.4, 0.5) is 0 Å². The van der Waals surface area contributed by atoms with Gasteiger partial charge in [-0.15, -0.1) is 0 Å². The largest absolute Gasteiger partial charge is 0.489 e. The van der Waals surface area contributed by atoms with Crippen molar-refractivity contribution in [3.8, 4) is 5.75 Å². The average molecular weight is 265 g/mol. The third-order valence-electron chi connectivity index (χ3n) is 3.26. The topological polar surface area (TPSA) is 41.9 Å². The number of para-hydroxylation sites is 1. The molecule has 0 saturated carbocycles. The first-order chi connectivity index (χ1) is 9.28. The molecule has 1 aromatic carbocycles. The van der Waals surface area contributed by atoms with Crippen LogP contribution in [0.25, 0.3) is 0 Å². The number of rotatable bonds is 7. The van der Waals surface area contributed by atoms with Crippen LogP contribution in [0.5, 0.6) is 5.75 Å². The van der Waals surface area contributed by atoms with Crippen LogP contribution >= 0.6 is 0 Å². The fourth-order valence-corrected chi connectivity index (χ4v) is 2.36. The maximum Gasteiger partial charge on any atom is 0.119 e. The second kappa shape index (κ2) is 7.48. The molecule has 2 rings (SSSR count). The number of β-amino-alcohol motifs (C(OH)–C–C–N with tert-alkyl or cyclic N) is 1. The van der Waals surface area contributed by atoms with Gasteiger partial charge in [0, 0.05) is 26.2 Å². The highest BCUT2D eigenvalue weighted by Crippen LogP contribution is 2.18. The molecule has 1 aromatic rings. The third-order valence-corrected chi connectivity index (χ3v) is 3.26. The van der Waals surface area contributed by atoms with Gasteiger partial charge in [0.25, 0.3) is 0 Å². The number of benzene rings is 1. The van der Waals surface area contributed by atoms with Crippen LogP contribution < -0.4 is 4.74 Å². The molecule has 1 aliphatic heterocycles. The van der Waals surface area contributed by atoms with Gasteiger partial charge in [0.2, 0.25) is 0 Å². The van der Waals surface area contributed by atoms with Crippen LogP contribution in [0.15, 0.2) is 30.3 Å². The summed E-state index contributed by atoms with van der Waals surface area (Å²) in [7, 11) is 0. The first-order valence-electron chi connectivity index (χ1n) is 6.97. The summed E-state index contributed by atoms with van der Waals surface area (Å²) in [5, 5.41) is 9.81. The summed E-state index contributed by atoms with van der Waals surface area (Å²) in [6.45, 7) is 5.51. The predicted octanol–water partition coefficient (Wildman–Crippen LogP) is 1.54. The van der Waals surface area contributed by atoms with Gasteiger partial charge < -0.3 is 14.6 Å². The van der Waals surface area contributed by atoms with Crippen molar-refractivity contribution < 1.29 is 14.6 Å². The summed E-state index contributed by atoms with van der Waals surface area (Å²) < 4.78 is 11.1. The van der Waals surface area contributed by atoms with E-state index in [9.17, 15) is 5.11 Å². The number of likely N-dealkylation sites (tertiary alicyclic amines) is 1. The lowest BCUT2D eigenvalue weighted by Gasteiger charge is -2.20. The summed E-state index contributed by atoms with van der Waals surface area (Å²) in [5.74, 6) is 0.921. The van der Waals surface area contributed by atoms with E-state index >= 15 is 0 Å². The monoisotopic (exact) mass is 265 g/mol. The molecular formula is C15H23NO3. The van der Waals surface area contributed by atoms with Gasteiger partial charge >= 0.3 is 0 Å². The number of aliphatic hydroxyl groups is 1. The van der Waals surface area contributed by atoms with Crippen molar-refractivity contribution >= 4 is 0 Å². The van der Waals surface area contributed by atoms with E-state index in [1.807, 2.05) is 37.3 Å². The molecule has 0 bridgehead atoms. The van der Waals surface area contributed by atoms with Gasteiger partial charge in [-0.2, -0.15) is 0 Å². The van der Waals surface area contributed by atoms with Crippen molar-refractivity contribution in [1.82, 2.24) is 4.90 Å². The maximum atomic E-state index is 9.81. The lowest BCUT2D eigenvalue weighted by molar-refractivity contribution is 0.0236. The van der Waals surface area contributed by atoms with Gasteiger partial charge in [-0.05, 0) is 25.5 Å². The lowest BCUT2D eigenvalue weighted by Crippen LogP contribution is -2.34. The molecule has 0 radical (unpaired) electrons. The second-order valence-corrected chi connectivity index (χ2v) is 4.91. The molecule has 2 atom stereocenters. The quantitative estimate of drug-likeness (QED) is 0.812. The molecule has 1 aliphatic rings. The fraction of sp³-hybridized carbons (Fsp3) is 0.600. The molecule has 1 fully saturated rings. The molecule has 1 heterocycles. The normalized spacial score (nSPS) is 21.5. The van der Waals surface area contributed by atoms with E-state index in [4.69, 9.17) is 9.47 Å².